The van der Waals surface area contributed by atoms with Gasteiger partial charge in [0.1, 0.15) is 0 Å². The maximum atomic E-state index is 9.20. The van der Waals surface area contributed by atoms with Gasteiger partial charge in [0.15, 0.2) is 0 Å². The van der Waals surface area contributed by atoms with Crippen molar-refractivity contribution in [1.82, 2.24) is 14.7 Å². The van der Waals surface area contributed by atoms with Gasteiger partial charge in [0.25, 0.3) is 0 Å². The van der Waals surface area contributed by atoms with E-state index in [-0.39, 0.29) is 0 Å². The predicted molar refractivity (Wildman–Crippen MR) is 68.0 cm³/mol. The van der Waals surface area contributed by atoms with Gasteiger partial charge < -0.3 is 10.0 Å². The maximum Gasteiger partial charge on any atom is 0.0596 e. The van der Waals surface area contributed by atoms with Crippen molar-refractivity contribution in [3.05, 3.63) is 17.5 Å². The van der Waals surface area contributed by atoms with E-state index in [9.17, 15) is 5.11 Å². The van der Waals surface area contributed by atoms with Gasteiger partial charge in [-0.15, -0.1) is 0 Å². The third kappa shape index (κ3) is 3.30. The van der Waals surface area contributed by atoms with E-state index in [1.54, 1.807) is 0 Å². The molecule has 0 unspecified atom stereocenters. The Hall–Kier alpha value is -0.870. The summed E-state index contributed by atoms with van der Waals surface area (Å²) >= 11 is 0. The molecule has 0 radical (unpaired) electrons. The topological polar surface area (TPSA) is 41.3 Å². The van der Waals surface area contributed by atoms with Crippen LogP contribution in [0.2, 0.25) is 0 Å². The second-order valence-electron chi connectivity index (χ2n) is 5.14. The van der Waals surface area contributed by atoms with Gasteiger partial charge >= 0.3 is 0 Å². The second-order valence-corrected chi connectivity index (χ2v) is 5.14. The van der Waals surface area contributed by atoms with Crippen LogP contribution >= 0.6 is 0 Å². The molecule has 1 atom stereocenters. The van der Waals surface area contributed by atoms with Crippen LogP contribution < -0.4 is 0 Å². The van der Waals surface area contributed by atoms with E-state index in [0.29, 0.717) is 12.5 Å². The predicted octanol–water partition coefficient (Wildman–Crippen LogP) is 1.20. The largest absolute Gasteiger partial charge is 0.396 e. The van der Waals surface area contributed by atoms with Crippen molar-refractivity contribution < 1.29 is 5.11 Å². The highest BCUT2D eigenvalue weighted by Gasteiger charge is 2.18. The van der Waals surface area contributed by atoms with E-state index in [4.69, 9.17) is 0 Å². The normalized spacial score (nSPS) is 21.9. The summed E-state index contributed by atoms with van der Waals surface area (Å²) in [6, 6.07) is 2.12. The Bertz CT molecular complexity index is 362. The zero-order valence-corrected chi connectivity index (χ0v) is 10.9. The Balaban J connectivity index is 1.83. The number of hydrogen-bond donors (Lipinski definition) is 1. The number of nitrogens with zero attached hydrogens (tertiary/aromatic N) is 3. The van der Waals surface area contributed by atoms with Crippen molar-refractivity contribution in [1.29, 1.82) is 0 Å². The molecule has 0 aliphatic carbocycles. The number of hydrogen-bond acceptors (Lipinski definition) is 3. The Morgan fingerprint density at radius 2 is 2.24 bits per heavy atom. The van der Waals surface area contributed by atoms with Crippen LogP contribution in [0.5, 0.6) is 0 Å². The number of aryl methyl sites for hydroxylation is 2. The van der Waals surface area contributed by atoms with E-state index in [1.165, 1.54) is 18.5 Å². The first-order valence-corrected chi connectivity index (χ1v) is 6.53. The van der Waals surface area contributed by atoms with E-state index < -0.39 is 0 Å². The van der Waals surface area contributed by atoms with Crippen molar-refractivity contribution in [3.63, 3.8) is 0 Å². The van der Waals surface area contributed by atoms with Crippen molar-refractivity contribution >= 4 is 0 Å². The fourth-order valence-corrected chi connectivity index (χ4v) is 2.64. The summed E-state index contributed by atoms with van der Waals surface area (Å²) in [7, 11) is 0. The number of piperidine rings is 1. The number of aromatic nitrogens is 2. The minimum absolute atomic E-state index is 0.330. The van der Waals surface area contributed by atoms with Gasteiger partial charge in [0, 0.05) is 25.4 Å². The van der Waals surface area contributed by atoms with Gasteiger partial charge in [-0.05, 0) is 45.2 Å². The molecule has 2 heterocycles. The summed E-state index contributed by atoms with van der Waals surface area (Å²) < 4.78 is 2.08. The minimum atomic E-state index is 0.330. The third-order valence-electron chi connectivity index (χ3n) is 3.59. The van der Waals surface area contributed by atoms with Gasteiger partial charge in [-0.3, -0.25) is 4.68 Å². The van der Waals surface area contributed by atoms with Gasteiger partial charge in [-0.25, -0.2) is 0 Å². The summed E-state index contributed by atoms with van der Waals surface area (Å²) in [4.78, 5) is 2.45. The van der Waals surface area contributed by atoms with Crippen LogP contribution in [0.15, 0.2) is 6.07 Å². The average molecular weight is 237 g/mol. The van der Waals surface area contributed by atoms with E-state index in [0.717, 1.165) is 31.9 Å². The number of rotatable bonds is 4. The highest BCUT2D eigenvalue weighted by atomic mass is 16.3. The third-order valence-corrected chi connectivity index (χ3v) is 3.59. The molecule has 1 fully saturated rings. The molecule has 1 aliphatic rings. The molecule has 4 heteroatoms. The van der Waals surface area contributed by atoms with Crippen molar-refractivity contribution in [2.75, 3.05) is 26.2 Å². The molecule has 0 aromatic carbocycles. The number of aliphatic hydroxyl groups is 1. The van der Waals surface area contributed by atoms with Crippen LogP contribution in [0, 0.1) is 19.8 Å². The quantitative estimate of drug-likeness (QED) is 0.855. The number of aliphatic hydroxyl groups excluding tert-OH is 1. The Labute approximate surface area is 103 Å². The van der Waals surface area contributed by atoms with Crippen LogP contribution in [0.3, 0.4) is 0 Å². The highest BCUT2D eigenvalue weighted by molar-refractivity contribution is 5.06. The standard InChI is InChI=1S/C13H23N3O/c1-11-8-12(2)16(14-11)7-6-15-5-3-4-13(9-15)10-17/h8,13,17H,3-7,9-10H2,1-2H3/t13-/m0/s1. The first kappa shape index (κ1) is 12.6. The van der Waals surface area contributed by atoms with Crippen LogP contribution in [0.4, 0.5) is 0 Å². The van der Waals surface area contributed by atoms with Crippen molar-refractivity contribution in [2.24, 2.45) is 5.92 Å². The molecule has 17 heavy (non-hydrogen) atoms. The molecule has 4 nitrogen and oxygen atoms in total. The highest BCUT2D eigenvalue weighted by Crippen LogP contribution is 2.15. The summed E-state index contributed by atoms with van der Waals surface area (Å²) in [5, 5.41) is 13.7. The Morgan fingerprint density at radius 3 is 2.88 bits per heavy atom. The molecule has 0 saturated carbocycles. The molecule has 0 bridgehead atoms. The summed E-state index contributed by atoms with van der Waals surface area (Å²) in [5.74, 6) is 0.476. The van der Waals surface area contributed by atoms with Gasteiger partial charge in [0.05, 0.1) is 12.2 Å². The molecule has 1 aromatic rings. The monoisotopic (exact) mass is 237 g/mol. The fourth-order valence-electron chi connectivity index (χ4n) is 2.64. The molecule has 96 valence electrons. The van der Waals surface area contributed by atoms with Crippen LogP contribution in [-0.2, 0) is 6.54 Å². The van der Waals surface area contributed by atoms with Crippen LogP contribution in [0.25, 0.3) is 0 Å². The van der Waals surface area contributed by atoms with Crippen molar-refractivity contribution in [2.45, 2.75) is 33.2 Å². The lowest BCUT2D eigenvalue weighted by Crippen LogP contribution is -2.38. The molecular weight excluding hydrogens is 214 g/mol. The van der Waals surface area contributed by atoms with Crippen LogP contribution in [0.1, 0.15) is 24.2 Å². The molecular formula is C13H23N3O. The van der Waals surface area contributed by atoms with E-state index in [1.807, 2.05) is 6.92 Å². The summed E-state index contributed by atoms with van der Waals surface area (Å²) in [6.07, 6.45) is 2.38. The van der Waals surface area contributed by atoms with E-state index in [2.05, 4.69) is 27.7 Å². The lowest BCUT2D eigenvalue weighted by Gasteiger charge is -2.31. The van der Waals surface area contributed by atoms with Gasteiger partial charge in [0.2, 0.25) is 0 Å². The Kier molecular flexibility index (Phi) is 4.18. The molecule has 0 amide bonds. The SMILES string of the molecule is Cc1cc(C)n(CCN2CCC[C@H](CO)C2)n1. The molecule has 1 N–H and O–H groups in total. The average Bonchev–Trinajstić information content (AvgIpc) is 2.65. The summed E-state index contributed by atoms with van der Waals surface area (Å²) in [6.45, 7) is 8.66. The van der Waals surface area contributed by atoms with Crippen molar-refractivity contribution in [3.8, 4) is 0 Å². The molecule has 1 aliphatic heterocycles. The lowest BCUT2D eigenvalue weighted by atomic mass is 9.99. The molecule has 1 saturated heterocycles. The lowest BCUT2D eigenvalue weighted by molar-refractivity contribution is 0.117. The maximum absolute atomic E-state index is 9.20. The fraction of sp³-hybridized carbons (Fsp3) is 0.769. The Morgan fingerprint density at radius 1 is 1.41 bits per heavy atom. The zero-order valence-electron chi connectivity index (χ0n) is 10.9. The van der Waals surface area contributed by atoms with E-state index >= 15 is 0 Å². The minimum Gasteiger partial charge on any atom is -0.396 e. The molecule has 1 aromatic heterocycles. The zero-order chi connectivity index (χ0) is 12.3. The van der Waals surface area contributed by atoms with Gasteiger partial charge in [-0.2, -0.15) is 5.10 Å². The summed E-state index contributed by atoms with van der Waals surface area (Å²) in [5.41, 5.74) is 2.33. The van der Waals surface area contributed by atoms with Crippen LogP contribution in [-0.4, -0.2) is 46.0 Å². The molecule has 0 spiro atoms. The number of likely N-dealkylation sites (tertiary alicyclic amines) is 1. The smallest absolute Gasteiger partial charge is 0.0596 e. The first-order chi connectivity index (χ1) is 8.19. The second kappa shape index (κ2) is 5.65. The molecule has 2 rings (SSSR count). The van der Waals surface area contributed by atoms with Gasteiger partial charge in [-0.1, -0.05) is 0 Å². The first-order valence-electron chi connectivity index (χ1n) is 6.53.